The second-order valence-electron chi connectivity index (χ2n) is 6.16. The van der Waals surface area contributed by atoms with Crippen LogP contribution in [0.2, 0.25) is 0 Å². The lowest BCUT2D eigenvalue weighted by molar-refractivity contribution is 0.0955. The third kappa shape index (κ3) is 3.45. The van der Waals surface area contributed by atoms with Crippen LogP contribution in [0.15, 0.2) is 36.4 Å². The molecule has 2 aromatic heterocycles. The van der Waals surface area contributed by atoms with Crippen LogP contribution in [0.5, 0.6) is 0 Å². The minimum Gasteiger partial charge on any atom is -0.347 e. The number of benzene rings is 1. The molecular weight excluding hydrogens is 306 g/mol. The fourth-order valence-electron chi connectivity index (χ4n) is 2.56. The number of thiophene rings is 1. The molecule has 0 radical (unpaired) electrons. The summed E-state index contributed by atoms with van der Waals surface area (Å²) in [5.74, 6) is 0.500. The van der Waals surface area contributed by atoms with Crippen LogP contribution in [0.1, 0.15) is 34.8 Å². The highest BCUT2D eigenvalue weighted by molar-refractivity contribution is 7.20. The molecular formula is C18H21N3OS. The standard InChI is InChI=1S/C18H21N3OS/c1-12(2)11-21-18-15(13(3)20-21)9-16(23-18)17(22)19-10-14-7-5-4-6-8-14/h4-9,12H,10-11H2,1-3H3,(H,19,22). The van der Waals surface area contributed by atoms with E-state index in [-0.39, 0.29) is 5.91 Å². The molecule has 0 aliphatic carbocycles. The van der Waals surface area contributed by atoms with Crippen LogP contribution in [0.3, 0.4) is 0 Å². The zero-order valence-electron chi connectivity index (χ0n) is 13.7. The Balaban J connectivity index is 1.78. The van der Waals surface area contributed by atoms with E-state index in [4.69, 9.17) is 0 Å². The van der Waals surface area contributed by atoms with Gasteiger partial charge in [0.15, 0.2) is 0 Å². The molecule has 5 heteroatoms. The van der Waals surface area contributed by atoms with Crippen LogP contribution in [0.25, 0.3) is 10.2 Å². The molecule has 0 fully saturated rings. The van der Waals surface area contributed by atoms with Gasteiger partial charge in [-0.05, 0) is 24.5 Å². The summed E-state index contributed by atoms with van der Waals surface area (Å²) in [6.07, 6.45) is 0. The first-order chi connectivity index (χ1) is 11.0. The monoisotopic (exact) mass is 327 g/mol. The van der Waals surface area contributed by atoms with Crippen LogP contribution >= 0.6 is 11.3 Å². The Kier molecular flexibility index (Phi) is 4.48. The molecule has 120 valence electrons. The SMILES string of the molecule is Cc1nn(CC(C)C)c2sc(C(=O)NCc3ccccc3)cc12. The second-order valence-corrected chi connectivity index (χ2v) is 7.19. The topological polar surface area (TPSA) is 46.9 Å². The fourth-order valence-corrected chi connectivity index (χ4v) is 3.65. The van der Waals surface area contributed by atoms with Crippen LogP contribution in [0.4, 0.5) is 0 Å². The van der Waals surface area contributed by atoms with Crippen LogP contribution in [-0.4, -0.2) is 15.7 Å². The van der Waals surface area contributed by atoms with Gasteiger partial charge in [-0.15, -0.1) is 11.3 Å². The molecule has 2 heterocycles. The third-order valence-electron chi connectivity index (χ3n) is 3.67. The number of carbonyl (C=O) groups excluding carboxylic acids is 1. The molecule has 3 aromatic rings. The smallest absolute Gasteiger partial charge is 0.261 e. The van der Waals surface area contributed by atoms with E-state index in [2.05, 4.69) is 24.3 Å². The summed E-state index contributed by atoms with van der Waals surface area (Å²) in [4.78, 5) is 14.2. The Hall–Kier alpha value is -2.14. The number of nitrogens with one attached hydrogen (secondary N) is 1. The van der Waals surface area contributed by atoms with E-state index in [0.717, 1.165) is 32.9 Å². The predicted molar refractivity (Wildman–Crippen MR) is 94.8 cm³/mol. The van der Waals surface area contributed by atoms with Crippen molar-refractivity contribution in [3.05, 3.63) is 52.5 Å². The molecule has 1 N–H and O–H groups in total. The van der Waals surface area contributed by atoms with Gasteiger partial charge in [-0.25, -0.2) is 0 Å². The van der Waals surface area contributed by atoms with E-state index >= 15 is 0 Å². The molecule has 3 rings (SSSR count). The highest BCUT2D eigenvalue weighted by Crippen LogP contribution is 2.28. The zero-order valence-corrected chi connectivity index (χ0v) is 14.5. The average molecular weight is 327 g/mol. The molecule has 0 saturated carbocycles. The average Bonchev–Trinajstić information content (AvgIpc) is 3.08. The quantitative estimate of drug-likeness (QED) is 0.770. The van der Waals surface area contributed by atoms with Gasteiger partial charge in [-0.3, -0.25) is 9.48 Å². The molecule has 0 atom stereocenters. The van der Waals surface area contributed by atoms with Crippen molar-refractivity contribution in [2.45, 2.75) is 33.9 Å². The first kappa shape index (κ1) is 15.7. The summed E-state index contributed by atoms with van der Waals surface area (Å²) < 4.78 is 2.02. The molecule has 0 bridgehead atoms. The number of amides is 1. The summed E-state index contributed by atoms with van der Waals surface area (Å²) in [5, 5.41) is 8.65. The van der Waals surface area contributed by atoms with Gasteiger partial charge in [-0.1, -0.05) is 44.2 Å². The molecule has 0 unspecified atom stereocenters. The summed E-state index contributed by atoms with van der Waals surface area (Å²) in [7, 11) is 0. The number of carbonyl (C=O) groups is 1. The Morgan fingerprint density at radius 1 is 1.30 bits per heavy atom. The normalized spacial score (nSPS) is 11.3. The van der Waals surface area contributed by atoms with Crippen LogP contribution < -0.4 is 5.32 Å². The van der Waals surface area contributed by atoms with Crippen LogP contribution in [-0.2, 0) is 13.1 Å². The maximum atomic E-state index is 12.4. The first-order valence-corrected chi connectivity index (χ1v) is 8.65. The molecule has 0 saturated heterocycles. The van der Waals surface area contributed by atoms with E-state index in [1.165, 1.54) is 11.3 Å². The first-order valence-electron chi connectivity index (χ1n) is 7.83. The van der Waals surface area contributed by atoms with E-state index < -0.39 is 0 Å². The minimum atomic E-state index is -0.0226. The number of hydrogen-bond acceptors (Lipinski definition) is 3. The highest BCUT2D eigenvalue weighted by atomic mass is 32.1. The summed E-state index contributed by atoms with van der Waals surface area (Å²) in [5.41, 5.74) is 2.09. The third-order valence-corrected chi connectivity index (χ3v) is 4.81. The van der Waals surface area contributed by atoms with E-state index in [1.807, 2.05) is 48.0 Å². The van der Waals surface area contributed by atoms with Crippen molar-refractivity contribution < 1.29 is 4.79 Å². The Morgan fingerprint density at radius 2 is 2.04 bits per heavy atom. The van der Waals surface area contributed by atoms with E-state index in [9.17, 15) is 4.79 Å². The Bertz CT molecular complexity index is 818. The van der Waals surface area contributed by atoms with Gasteiger partial charge >= 0.3 is 0 Å². The van der Waals surface area contributed by atoms with E-state index in [1.54, 1.807) is 0 Å². The fraction of sp³-hybridized carbons (Fsp3) is 0.333. The lowest BCUT2D eigenvalue weighted by Crippen LogP contribution is -2.21. The predicted octanol–water partition coefficient (Wildman–Crippen LogP) is 3.99. The molecule has 23 heavy (non-hydrogen) atoms. The van der Waals surface area contributed by atoms with Gasteiger partial charge in [0.25, 0.3) is 5.91 Å². The number of aromatic nitrogens is 2. The summed E-state index contributed by atoms with van der Waals surface area (Å²) in [6.45, 7) is 7.76. The van der Waals surface area contributed by atoms with Crippen LogP contribution in [0, 0.1) is 12.8 Å². The molecule has 0 aliphatic heterocycles. The van der Waals surface area contributed by atoms with Gasteiger partial charge in [0.05, 0.1) is 10.6 Å². The van der Waals surface area contributed by atoms with Gasteiger partial charge in [0.1, 0.15) is 4.83 Å². The minimum absolute atomic E-state index is 0.0226. The number of aryl methyl sites for hydroxylation is 1. The van der Waals surface area contributed by atoms with Gasteiger partial charge < -0.3 is 5.32 Å². The second kappa shape index (κ2) is 6.54. The van der Waals surface area contributed by atoms with Gasteiger partial charge in [0, 0.05) is 18.5 Å². The largest absolute Gasteiger partial charge is 0.347 e. The summed E-state index contributed by atoms with van der Waals surface area (Å²) >= 11 is 1.52. The molecule has 0 aliphatic rings. The van der Waals surface area contributed by atoms with Gasteiger partial charge in [0.2, 0.25) is 0 Å². The van der Waals surface area contributed by atoms with Crippen molar-refractivity contribution in [1.82, 2.24) is 15.1 Å². The van der Waals surface area contributed by atoms with Crippen molar-refractivity contribution in [1.29, 1.82) is 0 Å². The van der Waals surface area contributed by atoms with Crippen molar-refractivity contribution in [3.8, 4) is 0 Å². The van der Waals surface area contributed by atoms with E-state index in [0.29, 0.717) is 12.5 Å². The number of fused-ring (bicyclic) bond motifs is 1. The Morgan fingerprint density at radius 3 is 2.74 bits per heavy atom. The van der Waals surface area contributed by atoms with Crippen molar-refractivity contribution in [2.24, 2.45) is 5.92 Å². The zero-order chi connectivity index (χ0) is 16.4. The van der Waals surface area contributed by atoms with Gasteiger partial charge in [-0.2, -0.15) is 5.10 Å². The number of hydrogen-bond donors (Lipinski definition) is 1. The number of rotatable bonds is 5. The lowest BCUT2D eigenvalue weighted by atomic mass is 10.2. The number of nitrogens with zero attached hydrogens (tertiary/aromatic N) is 2. The maximum absolute atomic E-state index is 12.4. The van der Waals surface area contributed by atoms with Crippen molar-refractivity contribution in [2.75, 3.05) is 0 Å². The molecule has 4 nitrogen and oxygen atoms in total. The lowest BCUT2D eigenvalue weighted by Gasteiger charge is -2.05. The van der Waals surface area contributed by atoms with Crippen molar-refractivity contribution >= 4 is 27.5 Å². The molecule has 1 aromatic carbocycles. The maximum Gasteiger partial charge on any atom is 0.261 e. The molecule has 0 spiro atoms. The Labute approximate surface area is 140 Å². The summed E-state index contributed by atoms with van der Waals surface area (Å²) in [6, 6.07) is 11.9. The molecule has 1 amide bonds. The van der Waals surface area contributed by atoms with Crippen molar-refractivity contribution in [3.63, 3.8) is 0 Å². The highest BCUT2D eigenvalue weighted by Gasteiger charge is 2.16.